The third-order valence-corrected chi connectivity index (χ3v) is 6.92. The van der Waals surface area contributed by atoms with Crippen LogP contribution in [0.5, 0.6) is 11.5 Å². The zero-order valence-corrected chi connectivity index (χ0v) is 17.1. The number of para-hydroxylation sites is 2. The van der Waals surface area contributed by atoms with Crippen LogP contribution in [0.25, 0.3) is 0 Å². The van der Waals surface area contributed by atoms with Crippen molar-refractivity contribution >= 4 is 17.2 Å². The molecule has 0 spiro atoms. The van der Waals surface area contributed by atoms with E-state index in [1.165, 1.54) is 34.8 Å². The molecule has 2 aliphatic rings. The molecule has 1 N–H and O–H groups in total. The molecular formula is C24H24N2O2S. The van der Waals surface area contributed by atoms with Gasteiger partial charge in [-0.1, -0.05) is 36.4 Å². The number of aryl methyl sites for hydroxylation is 3. The van der Waals surface area contributed by atoms with Gasteiger partial charge in [0, 0.05) is 29.0 Å². The van der Waals surface area contributed by atoms with Gasteiger partial charge in [-0.3, -0.25) is 4.79 Å². The summed E-state index contributed by atoms with van der Waals surface area (Å²) in [6, 6.07) is 15.6. The molecule has 0 saturated heterocycles. The lowest BCUT2D eigenvalue weighted by molar-refractivity contribution is -0.121. The van der Waals surface area contributed by atoms with Gasteiger partial charge < -0.3 is 10.1 Å². The number of amides is 1. The second-order valence-electron chi connectivity index (χ2n) is 7.69. The Balaban J connectivity index is 1.25. The summed E-state index contributed by atoms with van der Waals surface area (Å²) in [6.45, 7) is 0.658. The second kappa shape index (κ2) is 7.99. The highest BCUT2D eigenvalue weighted by molar-refractivity contribution is 7.11. The van der Waals surface area contributed by atoms with Gasteiger partial charge >= 0.3 is 0 Å². The van der Waals surface area contributed by atoms with Crippen molar-refractivity contribution in [3.63, 3.8) is 0 Å². The maximum absolute atomic E-state index is 13.1. The lowest BCUT2D eigenvalue weighted by atomic mass is 9.87. The first-order valence-electron chi connectivity index (χ1n) is 10.4. The number of hydrogen-bond acceptors (Lipinski definition) is 4. The van der Waals surface area contributed by atoms with Gasteiger partial charge in [0.25, 0.3) is 0 Å². The molecule has 0 bridgehead atoms. The molecule has 0 unspecified atom stereocenters. The van der Waals surface area contributed by atoms with Crippen molar-refractivity contribution in [1.82, 2.24) is 10.3 Å². The Morgan fingerprint density at radius 3 is 2.45 bits per heavy atom. The SMILES string of the molecule is O=C(NCCCc1nc2c(s1)CCCC2)C1c2ccccc2Oc2ccccc21. The highest BCUT2D eigenvalue weighted by Gasteiger charge is 2.32. The summed E-state index contributed by atoms with van der Waals surface area (Å²) >= 11 is 1.86. The van der Waals surface area contributed by atoms with Crippen LogP contribution in [-0.4, -0.2) is 17.4 Å². The smallest absolute Gasteiger partial charge is 0.232 e. The molecule has 1 amide bonds. The predicted octanol–water partition coefficient (Wildman–Crippen LogP) is 5.01. The van der Waals surface area contributed by atoms with E-state index < -0.39 is 0 Å². The number of thiazole rings is 1. The van der Waals surface area contributed by atoms with Crippen LogP contribution < -0.4 is 10.1 Å². The van der Waals surface area contributed by atoms with Crippen LogP contribution in [0.1, 0.15) is 51.9 Å². The average Bonchev–Trinajstić information content (AvgIpc) is 3.17. The average molecular weight is 405 g/mol. The van der Waals surface area contributed by atoms with Gasteiger partial charge in [0.05, 0.1) is 16.6 Å². The van der Waals surface area contributed by atoms with Crippen molar-refractivity contribution in [2.45, 2.75) is 44.4 Å². The zero-order valence-electron chi connectivity index (χ0n) is 16.3. The molecule has 0 fully saturated rings. The monoisotopic (exact) mass is 404 g/mol. The van der Waals surface area contributed by atoms with Crippen molar-refractivity contribution in [1.29, 1.82) is 0 Å². The summed E-state index contributed by atoms with van der Waals surface area (Å²) in [7, 11) is 0. The van der Waals surface area contributed by atoms with E-state index in [1.54, 1.807) is 0 Å². The largest absolute Gasteiger partial charge is 0.457 e. The van der Waals surface area contributed by atoms with Crippen LogP contribution in [0, 0.1) is 0 Å². The molecule has 1 aliphatic carbocycles. The van der Waals surface area contributed by atoms with Gasteiger partial charge in [-0.15, -0.1) is 11.3 Å². The molecule has 3 aromatic rings. The lowest BCUT2D eigenvalue weighted by Crippen LogP contribution is -2.32. The van der Waals surface area contributed by atoms with Crippen LogP contribution in [0.15, 0.2) is 48.5 Å². The number of aromatic nitrogens is 1. The van der Waals surface area contributed by atoms with E-state index in [0.717, 1.165) is 41.9 Å². The molecule has 5 heteroatoms. The zero-order chi connectivity index (χ0) is 19.6. The fourth-order valence-electron chi connectivity index (χ4n) is 4.26. The molecule has 4 nitrogen and oxygen atoms in total. The molecule has 5 rings (SSSR count). The van der Waals surface area contributed by atoms with Crippen molar-refractivity contribution in [3.05, 3.63) is 75.2 Å². The van der Waals surface area contributed by atoms with Crippen LogP contribution in [0.4, 0.5) is 0 Å². The molecule has 2 heterocycles. The summed E-state index contributed by atoms with van der Waals surface area (Å²) in [5.41, 5.74) is 3.17. The minimum atomic E-state index is -0.330. The van der Waals surface area contributed by atoms with Gasteiger partial charge in [0.2, 0.25) is 5.91 Å². The normalized spacial score (nSPS) is 15.0. The van der Waals surface area contributed by atoms with E-state index in [-0.39, 0.29) is 11.8 Å². The summed E-state index contributed by atoms with van der Waals surface area (Å²) in [5.74, 6) is 1.23. The molecule has 0 radical (unpaired) electrons. The number of nitrogens with zero attached hydrogens (tertiary/aromatic N) is 1. The standard InChI is InChI=1S/C24H24N2O2S/c27-24(25-15-7-14-22-26-18-10-3-6-13-21(18)29-22)23-16-8-1-4-11-19(16)28-20-12-5-2-9-17(20)23/h1-2,4-5,8-9,11-12,23H,3,6-7,10,13-15H2,(H,25,27). The first-order valence-corrected chi connectivity index (χ1v) is 11.2. The third-order valence-electron chi connectivity index (χ3n) is 5.70. The fraction of sp³-hybridized carbons (Fsp3) is 0.333. The number of ether oxygens (including phenoxy) is 1. The van der Waals surface area contributed by atoms with E-state index in [4.69, 9.17) is 9.72 Å². The number of benzene rings is 2. The van der Waals surface area contributed by atoms with E-state index >= 15 is 0 Å². The number of hydrogen-bond donors (Lipinski definition) is 1. The maximum atomic E-state index is 13.1. The molecule has 1 aliphatic heterocycles. The quantitative estimate of drug-likeness (QED) is 0.608. The van der Waals surface area contributed by atoms with Crippen LogP contribution in [0.3, 0.4) is 0 Å². The van der Waals surface area contributed by atoms with E-state index in [2.05, 4.69) is 5.32 Å². The number of nitrogens with one attached hydrogen (secondary N) is 1. The summed E-state index contributed by atoms with van der Waals surface area (Å²) in [5, 5.41) is 4.36. The van der Waals surface area contributed by atoms with Crippen molar-refractivity contribution in [2.24, 2.45) is 0 Å². The van der Waals surface area contributed by atoms with Crippen molar-refractivity contribution < 1.29 is 9.53 Å². The Labute approximate surface area is 175 Å². The van der Waals surface area contributed by atoms with E-state index in [9.17, 15) is 4.79 Å². The topological polar surface area (TPSA) is 51.2 Å². The minimum absolute atomic E-state index is 0.0339. The molecule has 1 aromatic heterocycles. The summed E-state index contributed by atoms with van der Waals surface area (Å²) < 4.78 is 5.99. The van der Waals surface area contributed by atoms with Gasteiger partial charge in [0.1, 0.15) is 11.5 Å². The highest BCUT2D eigenvalue weighted by atomic mass is 32.1. The third kappa shape index (κ3) is 3.67. The van der Waals surface area contributed by atoms with E-state index in [0.29, 0.717) is 6.54 Å². The molecule has 29 heavy (non-hydrogen) atoms. The van der Waals surface area contributed by atoms with Gasteiger partial charge in [-0.05, 0) is 44.2 Å². The first-order chi connectivity index (χ1) is 14.3. The van der Waals surface area contributed by atoms with E-state index in [1.807, 2.05) is 59.9 Å². The van der Waals surface area contributed by atoms with Crippen LogP contribution in [-0.2, 0) is 24.1 Å². The molecule has 0 saturated carbocycles. The first kappa shape index (κ1) is 18.4. The lowest BCUT2D eigenvalue weighted by Gasteiger charge is -2.27. The van der Waals surface area contributed by atoms with Crippen molar-refractivity contribution in [3.8, 4) is 11.5 Å². The molecule has 148 valence electrons. The number of fused-ring (bicyclic) bond motifs is 3. The summed E-state index contributed by atoms with van der Waals surface area (Å²) in [6.07, 6.45) is 6.71. The fourth-order valence-corrected chi connectivity index (χ4v) is 5.46. The van der Waals surface area contributed by atoms with Gasteiger partial charge in [-0.2, -0.15) is 0 Å². The number of carbonyl (C=O) groups is 1. The Morgan fingerprint density at radius 1 is 1.03 bits per heavy atom. The van der Waals surface area contributed by atoms with Gasteiger partial charge in [0.15, 0.2) is 0 Å². The Morgan fingerprint density at radius 2 is 1.72 bits per heavy atom. The predicted molar refractivity (Wildman–Crippen MR) is 115 cm³/mol. The number of rotatable bonds is 5. The van der Waals surface area contributed by atoms with Gasteiger partial charge in [-0.25, -0.2) is 4.98 Å². The Bertz CT molecular complexity index is 974. The minimum Gasteiger partial charge on any atom is -0.457 e. The highest BCUT2D eigenvalue weighted by Crippen LogP contribution is 2.43. The maximum Gasteiger partial charge on any atom is 0.232 e. The summed E-state index contributed by atoms with van der Waals surface area (Å²) in [4.78, 5) is 19.4. The molecule has 2 aromatic carbocycles. The Kier molecular flexibility index (Phi) is 5.06. The molecule has 0 atom stereocenters. The van der Waals surface area contributed by atoms with Crippen LogP contribution >= 0.6 is 11.3 Å². The van der Waals surface area contributed by atoms with Crippen molar-refractivity contribution in [2.75, 3.05) is 6.54 Å². The number of carbonyl (C=O) groups excluding carboxylic acids is 1. The Hall–Kier alpha value is -2.66. The van der Waals surface area contributed by atoms with Crippen LogP contribution in [0.2, 0.25) is 0 Å². The molecular weight excluding hydrogens is 380 g/mol. The second-order valence-corrected chi connectivity index (χ2v) is 8.86.